The molecule has 1 saturated heterocycles. The van der Waals surface area contributed by atoms with Crippen LogP contribution in [0.5, 0.6) is 0 Å². The summed E-state index contributed by atoms with van der Waals surface area (Å²) < 4.78 is 5.37. The summed E-state index contributed by atoms with van der Waals surface area (Å²) in [7, 11) is 1.71. The van der Waals surface area contributed by atoms with Crippen LogP contribution in [0.2, 0.25) is 0 Å². The van der Waals surface area contributed by atoms with Gasteiger partial charge >= 0.3 is 0 Å². The lowest BCUT2D eigenvalue weighted by atomic mass is 9.96. The number of carbonyl (C=O) groups excluding carboxylic acids is 1. The molecule has 0 unspecified atom stereocenters. The van der Waals surface area contributed by atoms with Gasteiger partial charge in [0.15, 0.2) is 0 Å². The van der Waals surface area contributed by atoms with E-state index in [2.05, 4.69) is 21.4 Å². The Morgan fingerprint density at radius 3 is 2.79 bits per heavy atom. The molecule has 1 aromatic heterocycles. The topological polar surface area (TPSA) is 58.4 Å². The number of aromatic nitrogens is 1. The first-order valence-corrected chi connectivity index (χ1v) is 7.15. The van der Waals surface area contributed by atoms with E-state index in [9.17, 15) is 4.79 Å². The third-order valence-corrected chi connectivity index (χ3v) is 4.15. The molecule has 0 aromatic carbocycles. The predicted octanol–water partition coefficient (Wildman–Crippen LogP) is 1.51. The average molecular weight is 263 g/mol. The van der Waals surface area contributed by atoms with Crippen LogP contribution in [-0.2, 0) is 11.3 Å². The summed E-state index contributed by atoms with van der Waals surface area (Å²) in [6.45, 7) is 2.77. The second kappa shape index (κ2) is 5.33. The second-order valence-electron chi connectivity index (χ2n) is 5.66. The van der Waals surface area contributed by atoms with Gasteiger partial charge in [0.25, 0.3) is 0 Å². The van der Waals surface area contributed by atoms with Gasteiger partial charge in [-0.05, 0) is 38.8 Å². The summed E-state index contributed by atoms with van der Waals surface area (Å²) in [4.78, 5) is 13.9. The van der Waals surface area contributed by atoms with Gasteiger partial charge < -0.3 is 9.84 Å². The lowest BCUT2D eigenvalue weighted by molar-refractivity contribution is -0.125. The molecule has 1 aliphatic carbocycles. The lowest BCUT2D eigenvalue weighted by Crippen LogP contribution is -2.39. The third-order valence-electron chi connectivity index (χ3n) is 4.15. The van der Waals surface area contributed by atoms with Crippen LogP contribution < -0.4 is 5.32 Å². The van der Waals surface area contributed by atoms with Crippen molar-refractivity contribution in [2.24, 2.45) is 5.92 Å². The van der Waals surface area contributed by atoms with E-state index in [0.717, 1.165) is 43.9 Å². The molecule has 19 heavy (non-hydrogen) atoms. The molecule has 1 aromatic rings. The molecule has 0 bridgehead atoms. The molecule has 1 aliphatic heterocycles. The van der Waals surface area contributed by atoms with Crippen LogP contribution in [0.3, 0.4) is 0 Å². The number of carbonyl (C=O) groups is 1. The highest BCUT2D eigenvalue weighted by Gasteiger charge is 2.29. The minimum Gasteiger partial charge on any atom is -0.361 e. The fourth-order valence-electron chi connectivity index (χ4n) is 2.75. The highest BCUT2D eigenvalue weighted by molar-refractivity contribution is 5.78. The summed E-state index contributed by atoms with van der Waals surface area (Å²) in [6.07, 6.45) is 4.36. The Morgan fingerprint density at radius 2 is 2.16 bits per heavy atom. The Balaban J connectivity index is 1.49. The van der Waals surface area contributed by atoms with E-state index in [1.807, 2.05) is 0 Å². The average Bonchev–Trinajstić information content (AvgIpc) is 3.20. The quantitative estimate of drug-likeness (QED) is 0.894. The van der Waals surface area contributed by atoms with E-state index in [4.69, 9.17) is 4.52 Å². The van der Waals surface area contributed by atoms with Crippen LogP contribution in [-0.4, -0.2) is 36.1 Å². The van der Waals surface area contributed by atoms with Crippen LogP contribution in [0.25, 0.3) is 0 Å². The second-order valence-corrected chi connectivity index (χ2v) is 5.66. The van der Waals surface area contributed by atoms with E-state index in [-0.39, 0.29) is 11.8 Å². The summed E-state index contributed by atoms with van der Waals surface area (Å²) >= 11 is 0. The first-order valence-electron chi connectivity index (χ1n) is 7.15. The fraction of sp³-hybridized carbons (Fsp3) is 0.714. The molecule has 2 fully saturated rings. The van der Waals surface area contributed by atoms with Gasteiger partial charge in [-0.3, -0.25) is 9.69 Å². The molecule has 2 aliphatic rings. The van der Waals surface area contributed by atoms with Crippen molar-refractivity contribution < 1.29 is 9.32 Å². The highest BCUT2D eigenvalue weighted by atomic mass is 16.5. The van der Waals surface area contributed by atoms with Crippen molar-refractivity contribution in [2.45, 2.75) is 38.1 Å². The molecule has 2 heterocycles. The van der Waals surface area contributed by atoms with Crippen LogP contribution in [0, 0.1) is 5.92 Å². The largest absolute Gasteiger partial charge is 0.361 e. The zero-order valence-corrected chi connectivity index (χ0v) is 11.4. The minimum absolute atomic E-state index is 0.178. The molecule has 5 nitrogen and oxygen atoms in total. The Labute approximate surface area is 113 Å². The smallest absolute Gasteiger partial charge is 0.222 e. The number of nitrogens with one attached hydrogen (secondary N) is 1. The molecular weight excluding hydrogens is 242 g/mol. The number of rotatable bonds is 4. The SMILES string of the molecule is CNC(=O)C1CCN(Cc2cc(C3CC3)on2)CC1. The highest BCUT2D eigenvalue weighted by Crippen LogP contribution is 2.40. The maximum Gasteiger partial charge on any atom is 0.222 e. The first kappa shape index (κ1) is 12.7. The van der Waals surface area contributed by atoms with E-state index in [1.54, 1.807) is 7.05 Å². The van der Waals surface area contributed by atoms with Crippen molar-refractivity contribution in [1.29, 1.82) is 0 Å². The number of hydrogen-bond donors (Lipinski definition) is 1. The van der Waals surface area contributed by atoms with Crippen LogP contribution in [0.4, 0.5) is 0 Å². The Kier molecular flexibility index (Phi) is 3.55. The molecule has 0 atom stereocenters. The molecule has 1 N–H and O–H groups in total. The lowest BCUT2D eigenvalue weighted by Gasteiger charge is -2.30. The normalized spacial score (nSPS) is 21.5. The first-order chi connectivity index (χ1) is 9.26. The van der Waals surface area contributed by atoms with E-state index < -0.39 is 0 Å². The van der Waals surface area contributed by atoms with Crippen molar-refractivity contribution in [1.82, 2.24) is 15.4 Å². The minimum atomic E-state index is 0.178. The van der Waals surface area contributed by atoms with Gasteiger partial charge in [-0.1, -0.05) is 5.16 Å². The van der Waals surface area contributed by atoms with E-state index in [0.29, 0.717) is 5.92 Å². The number of nitrogens with zero attached hydrogens (tertiary/aromatic N) is 2. The number of likely N-dealkylation sites (tertiary alicyclic amines) is 1. The van der Waals surface area contributed by atoms with E-state index >= 15 is 0 Å². The van der Waals surface area contributed by atoms with Crippen LogP contribution in [0.15, 0.2) is 10.6 Å². The van der Waals surface area contributed by atoms with Gasteiger partial charge in [0, 0.05) is 31.5 Å². The van der Waals surface area contributed by atoms with Crippen molar-refractivity contribution >= 4 is 5.91 Å². The fourth-order valence-corrected chi connectivity index (χ4v) is 2.75. The summed E-state index contributed by atoms with van der Waals surface area (Å²) in [5.41, 5.74) is 1.03. The summed E-state index contributed by atoms with van der Waals surface area (Å²) in [5.74, 6) is 2.04. The zero-order valence-electron chi connectivity index (χ0n) is 11.4. The third kappa shape index (κ3) is 2.97. The molecule has 1 saturated carbocycles. The zero-order chi connectivity index (χ0) is 13.2. The number of piperidine rings is 1. The van der Waals surface area contributed by atoms with Crippen molar-refractivity contribution in [3.05, 3.63) is 17.5 Å². The van der Waals surface area contributed by atoms with Crippen molar-refractivity contribution in [3.63, 3.8) is 0 Å². The van der Waals surface area contributed by atoms with Crippen molar-refractivity contribution in [3.8, 4) is 0 Å². The summed E-state index contributed by atoms with van der Waals surface area (Å²) in [6, 6.07) is 2.10. The monoisotopic (exact) mass is 263 g/mol. The molecule has 0 radical (unpaired) electrons. The maximum absolute atomic E-state index is 11.6. The molecule has 0 spiro atoms. The van der Waals surface area contributed by atoms with Gasteiger partial charge in [-0.25, -0.2) is 0 Å². The van der Waals surface area contributed by atoms with Gasteiger partial charge in [0.05, 0.1) is 5.69 Å². The number of amides is 1. The van der Waals surface area contributed by atoms with Gasteiger partial charge in [-0.15, -0.1) is 0 Å². The Hall–Kier alpha value is -1.36. The number of hydrogen-bond acceptors (Lipinski definition) is 4. The van der Waals surface area contributed by atoms with Gasteiger partial charge in [0.2, 0.25) is 5.91 Å². The van der Waals surface area contributed by atoms with Crippen LogP contribution >= 0.6 is 0 Å². The Morgan fingerprint density at radius 1 is 1.42 bits per heavy atom. The Bertz CT molecular complexity index is 445. The maximum atomic E-state index is 11.6. The molecule has 5 heteroatoms. The molecule has 1 amide bonds. The van der Waals surface area contributed by atoms with E-state index in [1.165, 1.54) is 12.8 Å². The van der Waals surface area contributed by atoms with Gasteiger partial charge in [-0.2, -0.15) is 0 Å². The molecule has 104 valence electrons. The van der Waals surface area contributed by atoms with Gasteiger partial charge in [0.1, 0.15) is 5.76 Å². The van der Waals surface area contributed by atoms with Crippen LogP contribution in [0.1, 0.15) is 43.1 Å². The summed E-state index contributed by atoms with van der Waals surface area (Å²) in [5, 5.41) is 6.88. The molecular formula is C14H21N3O2. The standard InChI is InChI=1S/C14H21N3O2/c1-15-14(18)11-4-6-17(7-5-11)9-12-8-13(19-16-12)10-2-3-10/h8,10-11H,2-7,9H2,1H3,(H,15,18). The predicted molar refractivity (Wildman–Crippen MR) is 70.5 cm³/mol. The van der Waals surface area contributed by atoms with Crippen molar-refractivity contribution in [2.75, 3.05) is 20.1 Å². The molecule has 3 rings (SSSR count).